The highest BCUT2D eigenvalue weighted by Crippen LogP contribution is 2.43. The molecule has 7 nitrogen and oxygen atoms in total. The Morgan fingerprint density at radius 2 is 2.14 bits per heavy atom. The first-order valence-electron chi connectivity index (χ1n) is 7.72. The second-order valence-electron chi connectivity index (χ2n) is 5.62. The van der Waals surface area contributed by atoms with E-state index in [4.69, 9.17) is 4.52 Å². The number of hydrogen-bond acceptors (Lipinski definition) is 5. The molecular weight excluding hydrogens is 313 g/mol. The quantitative estimate of drug-likeness (QED) is 0.511. The van der Waals surface area contributed by atoms with Crippen LogP contribution in [0.1, 0.15) is 46.5 Å². The van der Waals surface area contributed by atoms with Gasteiger partial charge < -0.3 is 9.79 Å². The Morgan fingerprint density at radius 1 is 1.45 bits per heavy atom. The van der Waals surface area contributed by atoms with Gasteiger partial charge in [-0.25, -0.2) is 4.57 Å². The van der Waals surface area contributed by atoms with Crippen LogP contribution in [0.2, 0.25) is 0 Å². The van der Waals surface area contributed by atoms with Crippen molar-refractivity contribution in [2.24, 2.45) is 5.92 Å². The number of carbonyl (C=O) groups is 2. The molecule has 1 N–H and O–H groups in total. The normalized spacial score (nSPS) is 24.3. The molecule has 1 saturated heterocycles. The summed E-state index contributed by atoms with van der Waals surface area (Å²) in [4.78, 5) is 34.6. The lowest BCUT2D eigenvalue weighted by molar-refractivity contribution is -0.134. The van der Waals surface area contributed by atoms with Crippen LogP contribution in [0.5, 0.6) is 0 Å². The monoisotopic (exact) mass is 339 g/mol. The van der Waals surface area contributed by atoms with Crippen molar-refractivity contribution < 1.29 is 28.1 Å². The van der Waals surface area contributed by atoms with Crippen molar-refractivity contribution in [1.29, 1.82) is 0 Å². The molecule has 0 saturated carbocycles. The van der Waals surface area contributed by atoms with Gasteiger partial charge in [0, 0.05) is 25.8 Å². The molecule has 1 rings (SSSR count). The predicted octanol–water partition coefficient (Wildman–Crippen LogP) is 2.14. The topological polar surface area (TPSA) is 93.1 Å². The van der Waals surface area contributed by atoms with Crippen molar-refractivity contribution in [2.75, 3.05) is 19.8 Å². The van der Waals surface area contributed by atoms with Crippen LogP contribution in [0, 0.1) is 5.92 Å². The molecule has 1 aliphatic rings. The summed E-state index contributed by atoms with van der Waals surface area (Å²) in [5.41, 5.74) is 0. The molecule has 0 aromatic rings. The molecule has 0 aromatic heterocycles. The largest absolute Gasteiger partial charge is 0.472 e. The number of amides is 1. The second-order valence-corrected chi connectivity index (χ2v) is 7.07. The van der Waals surface area contributed by atoms with Crippen molar-refractivity contribution in [3.05, 3.63) is 0 Å². The van der Waals surface area contributed by atoms with E-state index in [0.717, 1.165) is 0 Å². The van der Waals surface area contributed by atoms with Gasteiger partial charge >= 0.3 is 7.82 Å². The van der Waals surface area contributed by atoms with Crippen molar-refractivity contribution in [3.8, 4) is 0 Å². The third kappa shape index (κ3) is 6.16. The molecule has 0 spiro atoms. The van der Waals surface area contributed by atoms with Gasteiger partial charge in [0.1, 0.15) is 5.78 Å². The van der Waals surface area contributed by atoms with Crippen LogP contribution in [-0.4, -0.2) is 47.3 Å². The van der Waals surface area contributed by atoms with E-state index in [1.165, 1.54) is 0 Å². The lowest BCUT2D eigenvalue weighted by atomic mass is 10.1. The number of ketones is 1. The molecular formula is C14H26NO6P. The minimum absolute atomic E-state index is 0.0361. The van der Waals surface area contributed by atoms with Crippen molar-refractivity contribution in [3.63, 3.8) is 0 Å². The average Bonchev–Trinajstić information content (AvgIpc) is 2.83. The molecule has 0 bridgehead atoms. The number of phosphoric acid groups is 1. The van der Waals surface area contributed by atoms with Gasteiger partial charge in [0.05, 0.1) is 19.3 Å². The Bertz CT molecular complexity index is 441. The van der Waals surface area contributed by atoms with E-state index in [1.807, 2.05) is 6.92 Å². The van der Waals surface area contributed by atoms with Gasteiger partial charge in [0.15, 0.2) is 0 Å². The highest BCUT2D eigenvalue weighted by atomic mass is 31.2. The third-order valence-electron chi connectivity index (χ3n) is 3.68. The second kappa shape index (κ2) is 8.77. The Morgan fingerprint density at radius 3 is 2.73 bits per heavy atom. The maximum Gasteiger partial charge on any atom is 0.472 e. The molecule has 1 fully saturated rings. The number of carbonyl (C=O) groups excluding carboxylic acids is 2. The number of likely N-dealkylation sites (tertiary alicyclic amines) is 1. The molecule has 1 heterocycles. The SMILES string of the molecule is CCOP(=O)(O)[18O]C[C@@H]1C[C@@H](C)CN1C(=O)CCC(=[18O])CC. The fraction of sp³-hybridized carbons (Fsp3) is 0.857. The minimum atomic E-state index is -4.05. The smallest absolute Gasteiger partial charge is 0.337 e. The highest BCUT2D eigenvalue weighted by Gasteiger charge is 2.35. The number of phosphoric ester groups is 1. The number of rotatable bonds is 9. The summed E-state index contributed by atoms with van der Waals surface area (Å²) < 4.78 is 21.1. The predicted molar refractivity (Wildman–Crippen MR) is 81.2 cm³/mol. The first kappa shape index (κ1) is 19.3. The van der Waals surface area contributed by atoms with E-state index in [1.54, 1.807) is 18.7 Å². The summed E-state index contributed by atoms with van der Waals surface area (Å²) in [7, 11) is -4.05. The summed E-state index contributed by atoms with van der Waals surface area (Å²) in [6.07, 6.45) is 1.56. The molecule has 3 atom stereocenters. The van der Waals surface area contributed by atoms with Gasteiger partial charge in [-0.1, -0.05) is 13.8 Å². The zero-order valence-corrected chi connectivity index (χ0v) is 14.4. The zero-order valence-electron chi connectivity index (χ0n) is 13.5. The maximum atomic E-state index is 12.2. The first-order valence-corrected chi connectivity index (χ1v) is 9.21. The van der Waals surface area contributed by atoms with Crippen molar-refractivity contribution in [1.82, 2.24) is 4.90 Å². The summed E-state index contributed by atoms with van der Waals surface area (Å²) in [5.74, 6) is 0.248. The lowest BCUT2D eigenvalue weighted by Gasteiger charge is -2.25. The highest BCUT2D eigenvalue weighted by molar-refractivity contribution is 7.47. The Hall–Kier alpha value is -0.750. The van der Waals surface area contributed by atoms with Crippen LogP contribution in [-0.2, 0) is 23.2 Å². The van der Waals surface area contributed by atoms with E-state index >= 15 is 0 Å². The fourth-order valence-corrected chi connectivity index (χ4v) is 3.32. The number of nitrogens with zero attached hydrogens (tertiary/aromatic N) is 1. The number of hydrogen-bond donors (Lipinski definition) is 1. The maximum absolute atomic E-state index is 12.2. The molecule has 1 amide bonds. The molecule has 128 valence electrons. The molecule has 22 heavy (non-hydrogen) atoms. The van der Waals surface area contributed by atoms with Crippen LogP contribution >= 0.6 is 7.82 Å². The van der Waals surface area contributed by atoms with Crippen molar-refractivity contribution in [2.45, 2.75) is 52.5 Å². The van der Waals surface area contributed by atoms with Crippen molar-refractivity contribution >= 4 is 19.5 Å². The van der Waals surface area contributed by atoms with Crippen LogP contribution in [0.15, 0.2) is 0 Å². The van der Waals surface area contributed by atoms with Gasteiger partial charge in [-0.05, 0) is 19.3 Å². The van der Waals surface area contributed by atoms with Crippen LogP contribution < -0.4 is 0 Å². The summed E-state index contributed by atoms with van der Waals surface area (Å²) >= 11 is 0. The summed E-state index contributed by atoms with van der Waals surface area (Å²) in [6, 6.07) is -0.250. The van der Waals surface area contributed by atoms with Gasteiger partial charge in [-0.15, -0.1) is 0 Å². The molecule has 0 radical (unpaired) electrons. The van der Waals surface area contributed by atoms with E-state index in [0.29, 0.717) is 25.3 Å². The van der Waals surface area contributed by atoms with Crippen LogP contribution in [0.3, 0.4) is 0 Å². The first-order chi connectivity index (χ1) is 10.3. The van der Waals surface area contributed by atoms with E-state index < -0.39 is 7.82 Å². The summed E-state index contributed by atoms with van der Waals surface area (Å²) in [5, 5.41) is 0. The standard InChI is InChI=1S/C14H26NO6P/c1-4-13(16)6-7-14(17)15-9-11(3)8-12(15)10-21-22(18,19)20-5-2/h11-12H,4-10H2,1-3H3,(H,18,19)/t11-,12+/m1/s1/i16+2,21+2. The molecule has 1 unspecified atom stereocenters. The van der Waals surface area contributed by atoms with E-state index in [-0.39, 0.29) is 43.8 Å². The van der Waals surface area contributed by atoms with Crippen LogP contribution in [0.4, 0.5) is 0 Å². The molecule has 0 aromatic carbocycles. The van der Waals surface area contributed by atoms with Gasteiger partial charge in [-0.2, -0.15) is 0 Å². The van der Waals surface area contributed by atoms with Gasteiger partial charge in [0.2, 0.25) is 5.91 Å². The fourth-order valence-electron chi connectivity index (χ4n) is 2.56. The molecule has 8 heteroatoms. The van der Waals surface area contributed by atoms with Gasteiger partial charge in [0.25, 0.3) is 0 Å². The van der Waals surface area contributed by atoms with E-state index in [2.05, 4.69) is 4.52 Å². The molecule has 1 aliphatic heterocycles. The number of Topliss-reactive ketones (excluding diaryl/α,β-unsaturated/α-hetero) is 1. The Labute approximate surface area is 131 Å². The third-order valence-corrected chi connectivity index (χ3v) is 4.74. The zero-order chi connectivity index (χ0) is 16.8. The Kier molecular flexibility index (Phi) is 7.69. The lowest BCUT2D eigenvalue weighted by Crippen LogP contribution is -2.38. The average molecular weight is 339 g/mol. The van der Waals surface area contributed by atoms with E-state index in [9.17, 15) is 19.0 Å². The van der Waals surface area contributed by atoms with Gasteiger partial charge in [-0.3, -0.25) is 18.6 Å². The van der Waals surface area contributed by atoms with Crippen LogP contribution in [0.25, 0.3) is 0 Å². The Balaban J connectivity index is 2.55. The summed E-state index contributed by atoms with van der Waals surface area (Å²) in [6.45, 7) is 6.01. The molecule has 0 aliphatic carbocycles. The minimum Gasteiger partial charge on any atom is -0.337 e.